The number of halogens is 2. The molecule has 2 N–H and O–H groups in total. The summed E-state index contributed by atoms with van der Waals surface area (Å²) in [7, 11) is -3.54. The Balaban J connectivity index is 1.65. The average Bonchev–Trinajstić information content (AvgIpc) is 3.39. The molecule has 0 radical (unpaired) electrons. The number of rotatable bonds is 6. The van der Waals surface area contributed by atoms with Crippen LogP contribution >= 0.6 is 15.9 Å². The SMILES string of the molecule is O=C(NCc1cc(Br)ccc1F)c1ccc(S(=O)(=O)NC2CC2)cc1. The molecule has 1 amide bonds. The molecular formula is C17H16BrFN2O3S. The molecule has 0 bridgehead atoms. The van der Waals surface area contributed by atoms with Crippen molar-refractivity contribution in [2.45, 2.75) is 30.3 Å². The Morgan fingerprint density at radius 1 is 1.16 bits per heavy atom. The van der Waals surface area contributed by atoms with E-state index >= 15 is 0 Å². The number of amides is 1. The number of sulfonamides is 1. The summed E-state index contributed by atoms with van der Waals surface area (Å²) in [4.78, 5) is 12.3. The third-order valence-corrected chi connectivity index (χ3v) is 5.80. The summed E-state index contributed by atoms with van der Waals surface area (Å²) >= 11 is 3.25. The third-order valence-electron chi connectivity index (χ3n) is 3.77. The summed E-state index contributed by atoms with van der Waals surface area (Å²) in [6.45, 7) is 0.0351. The van der Waals surface area contributed by atoms with E-state index in [9.17, 15) is 17.6 Å². The lowest BCUT2D eigenvalue weighted by molar-refractivity contribution is 0.0950. The van der Waals surface area contributed by atoms with E-state index in [1.807, 2.05) is 0 Å². The van der Waals surface area contributed by atoms with Gasteiger partial charge in [0.15, 0.2) is 0 Å². The highest BCUT2D eigenvalue weighted by molar-refractivity contribution is 9.10. The van der Waals surface area contributed by atoms with E-state index in [1.54, 1.807) is 12.1 Å². The maximum atomic E-state index is 13.7. The Morgan fingerprint density at radius 3 is 2.48 bits per heavy atom. The molecule has 25 heavy (non-hydrogen) atoms. The first kappa shape index (κ1) is 18.0. The Bertz CT molecular complexity index is 897. The Morgan fingerprint density at radius 2 is 1.84 bits per heavy atom. The molecule has 0 aromatic heterocycles. The second kappa shape index (κ2) is 7.23. The Kier molecular flexibility index (Phi) is 5.21. The molecule has 0 heterocycles. The van der Waals surface area contributed by atoms with Gasteiger partial charge in [-0.2, -0.15) is 0 Å². The van der Waals surface area contributed by atoms with Crippen molar-refractivity contribution >= 4 is 31.9 Å². The first-order valence-corrected chi connectivity index (χ1v) is 9.97. The van der Waals surface area contributed by atoms with Gasteiger partial charge in [-0.25, -0.2) is 17.5 Å². The molecule has 1 aliphatic carbocycles. The fourth-order valence-corrected chi connectivity index (χ4v) is 3.94. The van der Waals surface area contributed by atoms with Gasteiger partial charge < -0.3 is 5.32 Å². The van der Waals surface area contributed by atoms with E-state index in [-0.39, 0.29) is 17.5 Å². The molecule has 2 aromatic carbocycles. The first-order valence-electron chi connectivity index (χ1n) is 7.70. The molecule has 0 saturated heterocycles. The van der Waals surface area contributed by atoms with Gasteiger partial charge in [0, 0.05) is 28.2 Å². The van der Waals surface area contributed by atoms with Crippen LogP contribution < -0.4 is 10.0 Å². The van der Waals surface area contributed by atoms with Crippen molar-refractivity contribution in [1.82, 2.24) is 10.0 Å². The van der Waals surface area contributed by atoms with E-state index in [4.69, 9.17) is 0 Å². The highest BCUT2D eigenvalue weighted by Gasteiger charge is 2.27. The number of carbonyl (C=O) groups is 1. The largest absolute Gasteiger partial charge is 0.348 e. The van der Waals surface area contributed by atoms with Gasteiger partial charge in [0.2, 0.25) is 10.0 Å². The van der Waals surface area contributed by atoms with Gasteiger partial charge in [0.1, 0.15) is 5.82 Å². The lowest BCUT2D eigenvalue weighted by atomic mass is 10.2. The van der Waals surface area contributed by atoms with Gasteiger partial charge in [0.05, 0.1) is 4.90 Å². The van der Waals surface area contributed by atoms with Crippen molar-refractivity contribution in [3.8, 4) is 0 Å². The minimum absolute atomic E-state index is 0.0214. The highest BCUT2D eigenvalue weighted by Crippen LogP contribution is 2.22. The van der Waals surface area contributed by atoms with Crippen molar-refractivity contribution in [1.29, 1.82) is 0 Å². The van der Waals surface area contributed by atoms with Crippen LogP contribution in [0.2, 0.25) is 0 Å². The maximum absolute atomic E-state index is 13.7. The quantitative estimate of drug-likeness (QED) is 0.745. The molecular weight excluding hydrogens is 411 g/mol. The van der Waals surface area contributed by atoms with Gasteiger partial charge in [-0.1, -0.05) is 15.9 Å². The molecule has 5 nitrogen and oxygen atoms in total. The van der Waals surface area contributed by atoms with Crippen LogP contribution in [0.4, 0.5) is 4.39 Å². The Labute approximate surface area is 153 Å². The number of hydrogen-bond acceptors (Lipinski definition) is 3. The van der Waals surface area contributed by atoms with Crippen LogP contribution in [0.25, 0.3) is 0 Å². The fraction of sp³-hybridized carbons (Fsp3) is 0.235. The van der Waals surface area contributed by atoms with Crippen LogP contribution in [-0.4, -0.2) is 20.4 Å². The molecule has 132 valence electrons. The van der Waals surface area contributed by atoms with E-state index in [0.717, 1.165) is 17.3 Å². The van der Waals surface area contributed by atoms with Crippen LogP contribution in [0, 0.1) is 5.82 Å². The summed E-state index contributed by atoms with van der Waals surface area (Å²) < 4.78 is 41.1. The summed E-state index contributed by atoms with van der Waals surface area (Å²) in [5.41, 5.74) is 0.663. The van der Waals surface area contributed by atoms with E-state index in [0.29, 0.717) is 11.1 Å². The monoisotopic (exact) mass is 426 g/mol. The number of nitrogens with one attached hydrogen (secondary N) is 2. The van der Waals surface area contributed by atoms with Crippen molar-refractivity contribution < 1.29 is 17.6 Å². The van der Waals surface area contributed by atoms with Crippen molar-refractivity contribution in [3.05, 3.63) is 63.9 Å². The van der Waals surface area contributed by atoms with Crippen LogP contribution in [0.1, 0.15) is 28.8 Å². The van der Waals surface area contributed by atoms with Crippen LogP contribution in [0.5, 0.6) is 0 Å². The summed E-state index contributed by atoms with van der Waals surface area (Å²) in [6, 6.07) is 10.2. The molecule has 1 saturated carbocycles. The van der Waals surface area contributed by atoms with Gasteiger partial charge in [-0.15, -0.1) is 0 Å². The molecule has 1 fully saturated rings. The molecule has 0 spiro atoms. The van der Waals surface area contributed by atoms with Crippen LogP contribution in [0.15, 0.2) is 51.8 Å². The lowest BCUT2D eigenvalue weighted by Crippen LogP contribution is -2.26. The molecule has 0 atom stereocenters. The summed E-state index contributed by atoms with van der Waals surface area (Å²) in [6.07, 6.45) is 1.71. The van der Waals surface area contributed by atoms with Gasteiger partial charge in [0.25, 0.3) is 5.91 Å². The molecule has 0 aliphatic heterocycles. The normalized spacial score (nSPS) is 14.3. The van der Waals surface area contributed by atoms with Gasteiger partial charge >= 0.3 is 0 Å². The third kappa shape index (κ3) is 4.65. The first-order chi connectivity index (χ1) is 11.8. The predicted molar refractivity (Wildman–Crippen MR) is 95.1 cm³/mol. The summed E-state index contributed by atoms with van der Waals surface area (Å²) in [5, 5.41) is 2.62. The average molecular weight is 427 g/mol. The number of benzene rings is 2. The maximum Gasteiger partial charge on any atom is 0.251 e. The minimum atomic E-state index is -3.54. The molecule has 2 aromatic rings. The zero-order chi connectivity index (χ0) is 18.0. The predicted octanol–water partition coefficient (Wildman–Crippen LogP) is 2.96. The van der Waals surface area contributed by atoms with Crippen molar-refractivity contribution in [2.75, 3.05) is 0 Å². The second-order valence-corrected chi connectivity index (χ2v) is 8.47. The standard InChI is InChI=1S/C17H16BrFN2O3S/c18-13-3-8-16(19)12(9-13)10-20-17(22)11-1-6-15(7-2-11)25(23,24)21-14-4-5-14/h1-3,6-9,14,21H,4-5,10H2,(H,20,22). The van der Waals surface area contributed by atoms with Crippen molar-refractivity contribution in [2.24, 2.45) is 0 Å². The zero-order valence-corrected chi connectivity index (χ0v) is 15.5. The van der Waals surface area contributed by atoms with E-state index in [1.165, 1.54) is 30.3 Å². The van der Waals surface area contributed by atoms with Gasteiger partial charge in [-0.3, -0.25) is 4.79 Å². The highest BCUT2D eigenvalue weighted by atomic mass is 79.9. The number of carbonyl (C=O) groups excluding carboxylic acids is 1. The van der Waals surface area contributed by atoms with E-state index < -0.39 is 21.7 Å². The zero-order valence-electron chi connectivity index (χ0n) is 13.1. The molecule has 3 rings (SSSR count). The lowest BCUT2D eigenvalue weighted by Gasteiger charge is -2.08. The molecule has 1 aliphatic rings. The number of hydrogen-bond donors (Lipinski definition) is 2. The fourth-order valence-electron chi connectivity index (χ4n) is 2.23. The Hall–Kier alpha value is -1.77. The van der Waals surface area contributed by atoms with Crippen LogP contribution in [-0.2, 0) is 16.6 Å². The van der Waals surface area contributed by atoms with Crippen molar-refractivity contribution in [3.63, 3.8) is 0 Å². The summed E-state index contributed by atoms with van der Waals surface area (Å²) in [5.74, 6) is -0.811. The molecule has 8 heteroatoms. The van der Waals surface area contributed by atoms with Crippen LogP contribution in [0.3, 0.4) is 0 Å². The van der Waals surface area contributed by atoms with Gasteiger partial charge in [-0.05, 0) is 55.3 Å². The topological polar surface area (TPSA) is 75.3 Å². The molecule has 0 unspecified atom stereocenters. The minimum Gasteiger partial charge on any atom is -0.348 e. The second-order valence-electron chi connectivity index (χ2n) is 5.84. The smallest absolute Gasteiger partial charge is 0.251 e. The van der Waals surface area contributed by atoms with E-state index in [2.05, 4.69) is 26.0 Å².